The van der Waals surface area contributed by atoms with Crippen LogP contribution in [0.3, 0.4) is 0 Å². The average Bonchev–Trinajstić information content (AvgIpc) is 2.17. The van der Waals surface area contributed by atoms with Gasteiger partial charge in [0.15, 0.2) is 0 Å². The van der Waals surface area contributed by atoms with Gasteiger partial charge in [-0.25, -0.2) is 13.1 Å². The molecule has 1 saturated carbocycles. The quantitative estimate of drug-likeness (QED) is 0.671. The van der Waals surface area contributed by atoms with Gasteiger partial charge in [-0.1, -0.05) is 0 Å². The highest BCUT2D eigenvalue weighted by Gasteiger charge is 2.38. The van der Waals surface area contributed by atoms with Crippen LogP contribution >= 0.6 is 0 Å². The Kier molecular flexibility index (Phi) is 4.73. The lowest BCUT2D eigenvalue weighted by Gasteiger charge is -2.40. The van der Waals surface area contributed by atoms with Crippen LogP contribution in [0.1, 0.15) is 26.2 Å². The van der Waals surface area contributed by atoms with E-state index in [1.807, 2.05) is 0 Å². The normalized spacial score (nSPS) is 21.4. The van der Waals surface area contributed by atoms with Crippen LogP contribution in [0.2, 0.25) is 0 Å². The molecule has 1 aliphatic carbocycles. The van der Waals surface area contributed by atoms with Gasteiger partial charge in [0.25, 0.3) is 0 Å². The van der Waals surface area contributed by atoms with Crippen LogP contribution in [0.4, 0.5) is 0 Å². The number of nitrogens with one attached hydrogen (secondary N) is 2. The predicted molar refractivity (Wildman–Crippen MR) is 63.9 cm³/mol. The van der Waals surface area contributed by atoms with Crippen molar-refractivity contribution in [2.45, 2.75) is 37.0 Å². The number of sulfonamides is 1. The van der Waals surface area contributed by atoms with Crippen molar-refractivity contribution in [1.82, 2.24) is 10.0 Å². The molecule has 1 unspecified atom stereocenters. The molecule has 1 aliphatic rings. The topological polar surface area (TPSA) is 67.4 Å². The Morgan fingerprint density at radius 2 is 2.06 bits per heavy atom. The second kappa shape index (κ2) is 5.44. The van der Waals surface area contributed by atoms with E-state index in [0.717, 1.165) is 19.3 Å². The van der Waals surface area contributed by atoms with Crippen LogP contribution in [0.5, 0.6) is 0 Å². The minimum atomic E-state index is -3.23. The maximum atomic E-state index is 11.8. The molecule has 0 aliphatic heterocycles. The maximum Gasteiger partial charge on any atom is 0.215 e. The summed E-state index contributed by atoms with van der Waals surface area (Å²) in [5.41, 5.74) is -0.258. The first-order valence-electron chi connectivity index (χ1n) is 5.64. The molecule has 1 rings (SSSR count). The fraction of sp³-hybridized carbons (Fsp3) is 1.00. The molecule has 2 N–H and O–H groups in total. The third-order valence-corrected chi connectivity index (χ3v) is 5.09. The van der Waals surface area contributed by atoms with Crippen molar-refractivity contribution < 1.29 is 13.2 Å². The Labute approximate surface area is 98.0 Å². The van der Waals surface area contributed by atoms with Crippen molar-refractivity contribution in [2.75, 3.05) is 27.2 Å². The summed E-state index contributed by atoms with van der Waals surface area (Å²) in [6.07, 6.45) is 2.99. The van der Waals surface area contributed by atoms with Crippen LogP contribution in [-0.4, -0.2) is 46.5 Å². The van der Waals surface area contributed by atoms with Gasteiger partial charge in [-0.2, -0.15) is 0 Å². The average molecular weight is 250 g/mol. The summed E-state index contributed by atoms with van der Waals surface area (Å²) in [7, 11) is 0.154. The first kappa shape index (κ1) is 13.9. The van der Waals surface area contributed by atoms with Crippen LogP contribution in [-0.2, 0) is 14.8 Å². The minimum Gasteiger partial charge on any atom is -0.377 e. The van der Waals surface area contributed by atoms with Gasteiger partial charge in [0.1, 0.15) is 0 Å². The molecule has 0 heterocycles. The summed E-state index contributed by atoms with van der Waals surface area (Å²) in [5.74, 6) is 0. The molecule has 0 saturated heterocycles. The molecule has 6 heteroatoms. The largest absolute Gasteiger partial charge is 0.377 e. The molecule has 0 aromatic heterocycles. The Bertz CT molecular complexity index is 307. The fourth-order valence-electron chi connectivity index (χ4n) is 1.80. The van der Waals surface area contributed by atoms with E-state index in [9.17, 15) is 8.42 Å². The van der Waals surface area contributed by atoms with Crippen molar-refractivity contribution in [2.24, 2.45) is 0 Å². The molecule has 0 aromatic carbocycles. The van der Waals surface area contributed by atoms with Gasteiger partial charge in [-0.3, -0.25) is 0 Å². The summed E-state index contributed by atoms with van der Waals surface area (Å²) in [6, 6.07) is 0. The first-order valence-corrected chi connectivity index (χ1v) is 7.19. The van der Waals surface area contributed by atoms with Crippen LogP contribution in [0.25, 0.3) is 0 Å². The van der Waals surface area contributed by atoms with Crippen molar-refractivity contribution in [3.05, 3.63) is 0 Å². The Hall–Kier alpha value is -0.170. The summed E-state index contributed by atoms with van der Waals surface area (Å²) in [5, 5.41) is 2.44. The molecule has 0 bridgehead atoms. The van der Waals surface area contributed by atoms with Gasteiger partial charge in [-0.05, 0) is 33.2 Å². The van der Waals surface area contributed by atoms with E-state index in [2.05, 4.69) is 10.0 Å². The molecule has 5 nitrogen and oxygen atoms in total. The van der Waals surface area contributed by atoms with Crippen molar-refractivity contribution in [1.29, 1.82) is 0 Å². The number of hydrogen-bond acceptors (Lipinski definition) is 4. The lowest BCUT2D eigenvalue weighted by molar-refractivity contribution is -0.0659. The Morgan fingerprint density at radius 1 is 1.44 bits per heavy atom. The summed E-state index contributed by atoms with van der Waals surface area (Å²) >= 11 is 0. The van der Waals surface area contributed by atoms with Gasteiger partial charge in [0.2, 0.25) is 10.0 Å². The smallest absolute Gasteiger partial charge is 0.215 e. The predicted octanol–water partition coefficient (Wildman–Crippen LogP) is 0.0828. The first-order chi connectivity index (χ1) is 7.46. The van der Waals surface area contributed by atoms with Crippen molar-refractivity contribution in [3.8, 4) is 0 Å². The summed E-state index contributed by atoms with van der Waals surface area (Å²) in [6.45, 7) is 2.54. The number of rotatable bonds is 7. The second-order valence-corrected chi connectivity index (χ2v) is 6.66. The molecule has 1 fully saturated rings. The zero-order chi connectivity index (χ0) is 12.2. The second-order valence-electron chi connectivity index (χ2n) is 4.48. The van der Waals surface area contributed by atoms with E-state index in [4.69, 9.17) is 4.74 Å². The third-order valence-electron chi connectivity index (χ3n) is 3.31. The highest BCUT2D eigenvalue weighted by Crippen LogP contribution is 2.34. The van der Waals surface area contributed by atoms with E-state index in [1.165, 1.54) is 0 Å². The van der Waals surface area contributed by atoms with Crippen LogP contribution in [0.15, 0.2) is 0 Å². The van der Waals surface area contributed by atoms with Gasteiger partial charge in [0, 0.05) is 20.2 Å². The summed E-state index contributed by atoms with van der Waals surface area (Å²) < 4.78 is 31.6. The lowest BCUT2D eigenvalue weighted by Crippen LogP contribution is -2.51. The number of methoxy groups -OCH3 is 1. The zero-order valence-electron chi connectivity index (χ0n) is 10.2. The molecule has 0 radical (unpaired) electrons. The van der Waals surface area contributed by atoms with Gasteiger partial charge >= 0.3 is 0 Å². The third kappa shape index (κ3) is 3.16. The molecule has 1 atom stereocenters. The van der Waals surface area contributed by atoms with Crippen LogP contribution in [0, 0.1) is 0 Å². The van der Waals surface area contributed by atoms with Gasteiger partial charge in [0.05, 0.1) is 10.9 Å². The molecule has 16 heavy (non-hydrogen) atoms. The number of hydrogen-bond donors (Lipinski definition) is 2. The van der Waals surface area contributed by atoms with Crippen molar-refractivity contribution in [3.63, 3.8) is 0 Å². The fourth-order valence-corrected chi connectivity index (χ4v) is 2.93. The van der Waals surface area contributed by atoms with E-state index in [-0.39, 0.29) is 5.60 Å². The van der Waals surface area contributed by atoms with Gasteiger partial charge in [-0.15, -0.1) is 0 Å². The van der Waals surface area contributed by atoms with Crippen LogP contribution < -0.4 is 10.0 Å². The molecular formula is C10H22N2O3S. The minimum absolute atomic E-state index is 0.258. The molecular weight excluding hydrogens is 228 g/mol. The van der Waals surface area contributed by atoms with Gasteiger partial charge < -0.3 is 10.1 Å². The highest BCUT2D eigenvalue weighted by molar-refractivity contribution is 7.90. The standard InChI is InChI=1S/C10H22N2O3S/c1-9(7-11-2)16(13,14)12-8-10(15-3)5-4-6-10/h9,11-12H,4-8H2,1-3H3. The Morgan fingerprint density at radius 3 is 2.44 bits per heavy atom. The number of ether oxygens (including phenoxy) is 1. The lowest BCUT2D eigenvalue weighted by atomic mass is 9.80. The molecule has 0 spiro atoms. The van der Waals surface area contributed by atoms with E-state index in [0.29, 0.717) is 13.1 Å². The SMILES string of the molecule is CNCC(C)S(=O)(=O)NCC1(OC)CCC1. The zero-order valence-corrected chi connectivity index (χ0v) is 11.1. The van der Waals surface area contributed by atoms with E-state index < -0.39 is 15.3 Å². The molecule has 0 aromatic rings. The Balaban J connectivity index is 2.47. The van der Waals surface area contributed by atoms with E-state index >= 15 is 0 Å². The van der Waals surface area contributed by atoms with Crippen molar-refractivity contribution >= 4 is 10.0 Å². The highest BCUT2D eigenvalue weighted by atomic mass is 32.2. The molecule has 0 amide bonds. The van der Waals surface area contributed by atoms with E-state index in [1.54, 1.807) is 21.1 Å². The monoisotopic (exact) mass is 250 g/mol. The maximum absolute atomic E-state index is 11.8. The molecule has 96 valence electrons. The summed E-state index contributed by atoms with van der Waals surface area (Å²) in [4.78, 5) is 0.